The van der Waals surface area contributed by atoms with Crippen molar-refractivity contribution in [1.29, 1.82) is 0 Å². The number of benzene rings is 1. The van der Waals surface area contributed by atoms with E-state index < -0.39 is 17.9 Å². The van der Waals surface area contributed by atoms with Crippen LogP contribution in [0.1, 0.15) is 113 Å². The Morgan fingerprint density at radius 2 is 1.83 bits per heavy atom. The molecule has 1 aromatic heterocycles. The number of hydrogen-bond acceptors (Lipinski definition) is 10. The summed E-state index contributed by atoms with van der Waals surface area (Å²) in [6, 6.07) is 3.55. The standard InChI is InChI=1S/C40H62N6O7S/c1-8-12-35(48)53-24-46(40(52)36(26(5)9-2)44-39(51)33-13-10-11-20-45(33)7)32(25(3)4)16-17-34-43-31(23-54-34)38(50)42-19-18-28-14-15-30(47)22-29(28)21-27(6)37(41)49/h14-15,22-23,25-27,32-33,36,47H,8-13,16-21,24H2,1-7H3,(H2,41,49)(H,42,50)(H,44,51)/t26-,27+,32+,33+,36-/m0/s1. The molecule has 14 heteroatoms. The van der Waals surface area contributed by atoms with E-state index in [-0.39, 0.29) is 72.2 Å². The zero-order valence-electron chi connectivity index (χ0n) is 33.2. The SMILES string of the molecule is CCCC(=O)OCN(C(=O)[C@@H](NC(=O)[C@H]1CCCCN1C)[C@@H](C)CC)[C@H](CCc1nc(C(=O)NCCc2ccc(O)cc2C[C@@H](C)C(N)=O)cs1)C(C)C. The van der Waals surface area contributed by atoms with Crippen LogP contribution in [-0.4, -0.2) is 94.5 Å². The number of phenols is 1. The average molecular weight is 771 g/mol. The Hall–Kier alpha value is -4.04. The van der Waals surface area contributed by atoms with Crippen LogP contribution in [0.3, 0.4) is 0 Å². The Balaban J connectivity index is 1.72. The monoisotopic (exact) mass is 770 g/mol. The third kappa shape index (κ3) is 13.1. The number of likely N-dealkylation sites (tertiary alicyclic amines) is 1. The van der Waals surface area contributed by atoms with Crippen LogP contribution in [0.4, 0.5) is 0 Å². The van der Waals surface area contributed by atoms with Crippen molar-refractivity contribution in [3.05, 3.63) is 45.4 Å². The third-order valence-electron chi connectivity index (χ3n) is 10.4. The molecule has 0 bridgehead atoms. The first-order chi connectivity index (χ1) is 25.7. The van der Waals surface area contributed by atoms with Crippen LogP contribution < -0.4 is 16.4 Å². The summed E-state index contributed by atoms with van der Waals surface area (Å²) in [5.41, 5.74) is 7.44. The number of carbonyl (C=O) groups is 5. The predicted molar refractivity (Wildman–Crippen MR) is 210 cm³/mol. The summed E-state index contributed by atoms with van der Waals surface area (Å²) in [5, 5.41) is 18.4. The van der Waals surface area contributed by atoms with Crippen LogP contribution in [-0.2, 0) is 43.2 Å². The molecule has 0 spiro atoms. The molecule has 1 aromatic carbocycles. The molecule has 5 N–H and O–H groups in total. The Bertz CT molecular complexity index is 1560. The number of esters is 1. The number of nitrogens with one attached hydrogen (secondary N) is 2. The second-order valence-corrected chi connectivity index (χ2v) is 16.0. The zero-order valence-corrected chi connectivity index (χ0v) is 34.0. The highest BCUT2D eigenvalue weighted by Crippen LogP contribution is 2.24. The van der Waals surface area contributed by atoms with Gasteiger partial charge in [0.2, 0.25) is 17.7 Å². The van der Waals surface area contributed by atoms with Gasteiger partial charge in [0.05, 0.1) is 11.0 Å². The largest absolute Gasteiger partial charge is 0.508 e. The van der Waals surface area contributed by atoms with Crippen LogP contribution in [0.2, 0.25) is 0 Å². The van der Waals surface area contributed by atoms with Gasteiger partial charge >= 0.3 is 5.97 Å². The molecular weight excluding hydrogens is 709 g/mol. The minimum atomic E-state index is -0.789. The smallest absolute Gasteiger partial charge is 0.307 e. The minimum absolute atomic E-state index is 0.0185. The molecule has 0 saturated carbocycles. The molecule has 2 aromatic rings. The number of piperidine rings is 1. The van der Waals surface area contributed by atoms with Crippen molar-refractivity contribution in [2.75, 3.05) is 26.9 Å². The molecule has 300 valence electrons. The number of hydrogen-bond donors (Lipinski definition) is 4. The number of amides is 4. The molecule has 2 heterocycles. The number of phenolic OH excluding ortho intramolecular Hbond substituents is 1. The van der Waals surface area contributed by atoms with E-state index in [1.165, 1.54) is 11.3 Å². The maximum Gasteiger partial charge on any atom is 0.307 e. The fraction of sp³-hybridized carbons (Fsp3) is 0.650. The van der Waals surface area contributed by atoms with E-state index in [4.69, 9.17) is 10.5 Å². The summed E-state index contributed by atoms with van der Waals surface area (Å²) in [6.45, 7) is 12.5. The number of aromatic hydroxyl groups is 1. The summed E-state index contributed by atoms with van der Waals surface area (Å²) in [7, 11) is 1.94. The van der Waals surface area contributed by atoms with Gasteiger partial charge in [-0.1, -0.05) is 60.5 Å². The van der Waals surface area contributed by atoms with Gasteiger partial charge in [-0.2, -0.15) is 0 Å². The topological polar surface area (TPSA) is 184 Å². The van der Waals surface area contributed by atoms with E-state index in [0.29, 0.717) is 45.1 Å². The lowest BCUT2D eigenvalue weighted by Gasteiger charge is -2.39. The number of nitrogens with two attached hydrogens (primary N) is 1. The Labute approximate surface area is 324 Å². The summed E-state index contributed by atoms with van der Waals surface area (Å²) >= 11 is 1.37. The second kappa shape index (κ2) is 21.7. The molecule has 0 aliphatic carbocycles. The summed E-state index contributed by atoms with van der Waals surface area (Å²) in [5.74, 6) is -2.05. The van der Waals surface area contributed by atoms with Gasteiger partial charge in [0, 0.05) is 36.7 Å². The van der Waals surface area contributed by atoms with Gasteiger partial charge in [0.1, 0.15) is 17.5 Å². The van der Waals surface area contributed by atoms with Crippen molar-refractivity contribution in [2.24, 2.45) is 23.5 Å². The number of likely N-dealkylation sites (N-methyl/N-ethyl adjacent to an activating group) is 1. The van der Waals surface area contributed by atoms with Crippen molar-refractivity contribution in [1.82, 2.24) is 25.4 Å². The van der Waals surface area contributed by atoms with Gasteiger partial charge in [0.15, 0.2) is 6.73 Å². The van der Waals surface area contributed by atoms with Gasteiger partial charge in [-0.25, -0.2) is 4.98 Å². The number of nitrogens with zero attached hydrogens (tertiary/aromatic N) is 3. The first-order valence-electron chi connectivity index (χ1n) is 19.5. The number of aryl methyl sites for hydroxylation is 1. The van der Waals surface area contributed by atoms with Gasteiger partial charge in [-0.3, -0.25) is 28.9 Å². The molecule has 1 saturated heterocycles. The Morgan fingerprint density at radius 1 is 1.09 bits per heavy atom. The van der Waals surface area contributed by atoms with E-state index in [1.807, 2.05) is 46.6 Å². The Morgan fingerprint density at radius 3 is 2.48 bits per heavy atom. The summed E-state index contributed by atoms with van der Waals surface area (Å²) in [6.07, 6.45) is 6.11. The van der Waals surface area contributed by atoms with Crippen molar-refractivity contribution >= 4 is 40.9 Å². The normalized spacial score (nSPS) is 16.9. The lowest BCUT2D eigenvalue weighted by molar-refractivity contribution is -0.159. The maximum absolute atomic E-state index is 14.5. The van der Waals surface area contributed by atoms with E-state index in [1.54, 1.807) is 35.4 Å². The quantitative estimate of drug-likeness (QED) is 0.104. The first kappa shape index (κ1) is 44.4. The zero-order chi connectivity index (χ0) is 39.9. The number of aromatic nitrogens is 1. The molecule has 1 aliphatic heterocycles. The van der Waals surface area contributed by atoms with E-state index in [2.05, 4.69) is 15.6 Å². The highest BCUT2D eigenvalue weighted by Gasteiger charge is 2.37. The van der Waals surface area contributed by atoms with Crippen molar-refractivity contribution in [2.45, 2.75) is 124 Å². The molecule has 13 nitrogen and oxygen atoms in total. The van der Waals surface area contributed by atoms with Crippen molar-refractivity contribution in [3.63, 3.8) is 0 Å². The summed E-state index contributed by atoms with van der Waals surface area (Å²) in [4.78, 5) is 73.5. The molecule has 0 unspecified atom stereocenters. The number of carbonyl (C=O) groups excluding carboxylic acids is 5. The lowest BCUT2D eigenvalue weighted by Crippen LogP contribution is -2.59. The number of primary amides is 1. The lowest BCUT2D eigenvalue weighted by atomic mass is 9.93. The highest BCUT2D eigenvalue weighted by molar-refractivity contribution is 7.09. The fourth-order valence-electron chi connectivity index (χ4n) is 6.79. The molecule has 54 heavy (non-hydrogen) atoms. The molecule has 5 atom stereocenters. The van der Waals surface area contributed by atoms with Crippen LogP contribution >= 0.6 is 11.3 Å². The van der Waals surface area contributed by atoms with Gasteiger partial charge in [-0.05, 0) is 87.2 Å². The maximum atomic E-state index is 14.5. The van der Waals surface area contributed by atoms with E-state index in [0.717, 1.165) is 41.9 Å². The highest BCUT2D eigenvalue weighted by atomic mass is 32.1. The van der Waals surface area contributed by atoms with E-state index >= 15 is 0 Å². The Kier molecular flexibility index (Phi) is 17.9. The number of rotatable bonds is 21. The molecule has 1 fully saturated rings. The third-order valence-corrected chi connectivity index (χ3v) is 11.4. The van der Waals surface area contributed by atoms with Gasteiger partial charge in [-0.15, -0.1) is 11.3 Å². The van der Waals surface area contributed by atoms with Crippen LogP contribution in [0.15, 0.2) is 23.6 Å². The van der Waals surface area contributed by atoms with Crippen LogP contribution in [0.5, 0.6) is 5.75 Å². The molecule has 1 aliphatic rings. The molecule has 3 rings (SSSR count). The minimum Gasteiger partial charge on any atom is -0.508 e. The number of ether oxygens (including phenoxy) is 1. The second-order valence-electron chi connectivity index (χ2n) is 15.0. The van der Waals surface area contributed by atoms with Gasteiger partial charge < -0.3 is 31.1 Å². The van der Waals surface area contributed by atoms with Crippen molar-refractivity contribution in [3.8, 4) is 5.75 Å². The first-order valence-corrected chi connectivity index (χ1v) is 20.3. The predicted octanol–water partition coefficient (Wildman–Crippen LogP) is 4.59. The average Bonchev–Trinajstić information content (AvgIpc) is 3.61. The molecular formula is C40H62N6O7S. The van der Waals surface area contributed by atoms with Gasteiger partial charge in [0.25, 0.3) is 5.91 Å². The van der Waals surface area contributed by atoms with Crippen LogP contribution in [0, 0.1) is 17.8 Å². The summed E-state index contributed by atoms with van der Waals surface area (Å²) < 4.78 is 5.64. The van der Waals surface area contributed by atoms with E-state index in [9.17, 15) is 29.1 Å². The fourth-order valence-corrected chi connectivity index (χ4v) is 7.58. The molecule has 0 radical (unpaired) electrons. The number of thiazole rings is 1. The van der Waals surface area contributed by atoms with Crippen molar-refractivity contribution < 1.29 is 33.8 Å². The molecule has 4 amide bonds. The van der Waals surface area contributed by atoms with Crippen LogP contribution in [0.25, 0.3) is 0 Å².